The molecule has 0 bridgehead atoms. The molecule has 0 amide bonds. The number of rotatable bonds is 9. The van der Waals surface area contributed by atoms with Gasteiger partial charge in [-0.15, -0.1) is 0 Å². The van der Waals surface area contributed by atoms with Crippen LogP contribution in [0, 0.1) is 5.92 Å². The molecule has 2 aromatic rings. The fourth-order valence-electron chi connectivity index (χ4n) is 4.01. The minimum Gasteiger partial charge on any atom is -0.492 e. The lowest BCUT2D eigenvalue weighted by Crippen LogP contribution is -2.19. The predicted octanol–water partition coefficient (Wildman–Crippen LogP) is 6.06. The Morgan fingerprint density at radius 3 is 2.25 bits per heavy atom. The zero-order chi connectivity index (χ0) is 19.8. The first kappa shape index (κ1) is 20.4. The molecule has 2 atom stereocenters. The van der Waals surface area contributed by atoms with E-state index in [0.717, 1.165) is 31.6 Å². The van der Waals surface area contributed by atoms with E-state index in [1.165, 1.54) is 16.7 Å². The normalized spacial score (nSPS) is 15.9. The number of likely N-dealkylation sites (N-methyl/N-ethyl adjacent to an activating group) is 1. The highest BCUT2D eigenvalue weighted by Gasteiger charge is 2.26. The van der Waals surface area contributed by atoms with Crippen LogP contribution in [-0.2, 0) is 0 Å². The average Bonchev–Trinajstić information content (AvgIpc) is 2.73. The zero-order valence-corrected chi connectivity index (χ0v) is 17.5. The van der Waals surface area contributed by atoms with Crippen molar-refractivity contribution in [3.63, 3.8) is 0 Å². The van der Waals surface area contributed by atoms with Crippen LogP contribution in [0.15, 0.2) is 78.4 Å². The molecule has 0 aromatic heterocycles. The molecule has 0 N–H and O–H groups in total. The summed E-state index contributed by atoms with van der Waals surface area (Å²) in [5.74, 6) is 1.79. The van der Waals surface area contributed by atoms with Gasteiger partial charge in [0.25, 0.3) is 0 Å². The monoisotopic (exact) mass is 375 g/mol. The Morgan fingerprint density at radius 1 is 0.929 bits per heavy atom. The van der Waals surface area contributed by atoms with Gasteiger partial charge in [0.1, 0.15) is 12.4 Å². The molecule has 0 spiro atoms. The molecule has 0 saturated heterocycles. The molecule has 0 fully saturated rings. The van der Waals surface area contributed by atoms with Crippen LogP contribution >= 0.6 is 0 Å². The third-order valence-corrected chi connectivity index (χ3v) is 5.50. The van der Waals surface area contributed by atoms with Gasteiger partial charge in [-0.3, -0.25) is 0 Å². The van der Waals surface area contributed by atoms with Gasteiger partial charge in [0, 0.05) is 12.5 Å². The topological polar surface area (TPSA) is 12.5 Å². The molecule has 2 heteroatoms. The summed E-state index contributed by atoms with van der Waals surface area (Å²) in [7, 11) is 4.13. The van der Waals surface area contributed by atoms with E-state index < -0.39 is 0 Å². The number of hydrogen-bond acceptors (Lipinski definition) is 2. The van der Waals surface area contributed by atoms with Gasteiger partial charge in [-0.25, -0.2) is 0 Å². The molecule has 1 aliphatic carbocycles. The van der Waals surface area contributed by atoms with E-state index >= 15 is 0 Å². The van der Waals surface area contributed by atoms with Crippen molar-refractivity contribution in [2.24, 2.45) is 5.92 Å². The summed E-state index contributed by atoms with van der Waals surface area (Å²) in [5.41, 5.74) is 4.22. The maximum atomic E-state index is 5.90. The van der Waals surface area contributed by atoms with Crippen LogP contribution in [0.2, 0.25) is 0 Å². The number of nitrogens with zero attached hydrogens (tertiary/aromatic N) is 1. The Hall–Kier alpha value is -2.32. The smallest absolute Gasteiger partial charge is 0.119 e. The highest BCUT2D eigenvalue weighted by molar-refractivity contribution is 5.40. The molecular weight excluding hydrogens is 342 g/mol. The van der Waals surface area contributed by atoms with Crippen molar-refractivity contribution >= 4 is 0 Å². The molecule has 3 rings (SSSR count). The van der Waals surface area contributed by atoms with Gasteiger partial charge in [0.2, 0.25) is 0 Å². The zero-order valence-electron chi connectivity index (χ0n) is 17.5. The van der Waals surface area contributed by atoms with E-state index in [1.54, 1.807) is 0 Å². The van der Waals surface area contributed by atoms with Gasteiger partial charge in [0.15, 0.2) is 0 Å². The maximum absolute atomic E-state index is 5.90. The number of allylic oxidation sites excluding steroid dienone is 4. The quantitative estimate of drug-likeness (QED) is 0.528. The lowest BCUT2D eigenvalue weighted by atomic mass is 9.74. The standard InChI is InChI=1S/C26H33NO/c1-4-25(21-11-7-5-8-12-21)26(22-13-9-6-10-14-22)23-15-17-24(18-16-23)28-20-19-27(2)3/h6-7,9-18,25-26H,4-5,8,19-20H2,1-3H3. The minimum absolute atomic E-state index is 0.357. The third kappa shape index (κ3) is 5.36. The van der Waals surface area contributed by atoms with E-state index in [9.17, 15) is 0 Å². The molecule has 0 radical (unpaired) electrons. The molecule has 0 saturated carbocycles. The largest absolute Gasteiger partial charge is 0.492 e. The summed E-state index contributed by atoms with van der Waals surface area (Å²) < 4.78 is 5.90. The van der Waals surface area contributed by atoms with Crippen molar-refractivity contribution in [3.05, 3.63) is 89.5 Å². The Kier molecular flexibility index (Phi) is 7.50. The second-order valence-electron chi connectivity index (χ2n) is 7.81. The van der Waals surface area contributed by atoms with Crippen LogP contribution in [0.4, 0.5) is 0 Å². The number of ether oxygens (including phenoxy) is 1. The fourth-order valence-corrected chi connectivity index (χ4v) is 4.01. The molecule has 0 aliphatic heterocycles. The number of benzene rings is 2. The Labute approximate surface area is 170 Å². The summed E-state index contributed by atoms with van der Waals surface area (Å²) in [6.45, 7) is 3.94. The van der Waals surface area contributed by atoms with Gasteiger partial charge in [-0.1, -0.05) is 67.6 Å². The summed E-state index contributed by atoms with van der Waals surface area (Å²) in [6.07, 6.45) is 10.5. The third-order valence-electron chi connectivity index (χ3n) is 5.50. The van der Waals surface area contributed by atoms with Crippen LogP contribution in [-0.4, -0.2) is 32.1 Å². The van der Waals surface area contributed by atoms with Gasteiger partial charge < -0.3 is 9.64 Å². The van der Waals surface area contributed by atoms with Crippen LogP contribution in [0.3, 0.4) is 0 Å². The molecule has 1 aliphatic rings. The summed E-state index contributed by atoms with van der Waals surface area (Å²) in [6, 6.07) is 19.7. The van der Waals surface area contributed by atoms with Crippen LogP contribution in [0.5, 0.6) is 5.75 Å². The van der Waals surface area contributed by atoms with Gasteiger partial charge >= 0.3 is 0 Å². The Bertz CT molecular complexity index is 774. The first-order valence-corrected chi connectivity index (χ1v) is 10.5. The predicted molar refractivity (Wildman–Crippen MR) is 119 cm³/mol. The lowest BCUT2D eigenvalue weighted by molar-refractivity contribution is 0.261. The molecule has 28 heavy (non-hydrogen) atoms. The van der Waals surface area contributed by atoms with Crippen LogP contribution < -0.4 is 4.74 Å². The number of hydrogen-bond donors (Lipinski definition) is 0. The first-order chi connectivity index (χ1) is 13.7. The fraction of sp³-hybridized carbons (Fsp3) is 0.385. The summed E-state index contributed by atoms with van der Waals surface area (Å²) in [4.78, 5) is 2.14. The van der Waals surface area contributed by atoms with E-state index in [-0.39, 0.29) is 0 Å². The van der Waals surface area contributed by atoms with Crippen molar-refractivity contribution in [2.45, 2.75) is 32.1 Å². The van der Waals surface area contributed by atoms with Crippen LogP contribution in [0.25, 0.3) is 0 Å². The first-order valence-electron chi connectivity index (χ1n) is 10.5. The second-order valence-corrected chi connectivity index (χ2v) is 7.81. The SMILES string of the molecule is CCC(C1=CCCC=C1)C(c1ccccc1)c1ccc(OCCN(C)C)cc1. The Morgan fingerprint density at radius 2 is 1.64 bits per heavy atom. The van der Waals surface area contributed by atoms with E-state index in [0.29, 0.717) is 18.4 Å². The Balaban J connectivity index is 1.87. The van der Waals surface area contributed by atoms with Gasteiger partial charge in [-0.05, 0) is 68.1 Å². The molecule has 2 unspecified atom stereocenters. The lowest BCUT2D eigenvalue weighted by Gasteiger charge is -2.29. The molecule has 148 valence electrons. The van der Waals surface area contributed by atoms with Crippen molar-refractivity contribution in [3.8, 4) is 5.75 Å². The van der Waals surface area contributed by atoms with Gasteiger partial charge in [-0.2, -0.15) is 0 Å². The summed E-state index contributed by atoms with van der Waals surface area (Å²) >= 11 is 0. The van der Waals surface area contributed by atoms with Gasteiger partial charge in [0.05, 0.1) is 0 Å². The average molecular weight is 376 g/mol. The van der Waals surface area contributed by atoms with Crippen molar-refractivity contribution in [1.29, 1.82) is 0 Å². The molecule has 0 heterocycles. The maximum Gasteiger partial charge on any atom is 0.119 e. The van der Waals surface area contributed by atoms with Crippen molar-refractivity contribution < 1.29 is 4.74 Å². The molecular formula is C26H33NO. The van der Waals surface area contributed by atoms with E-state index in [4.69, 9.17) is 4.74 Å². The molecule has 2 aromatic carbocycles. The van der Waals surface area contributed by atoms with E-state index in [1.807, 2.05) is 0 Å². The highest BCUT2D eigenvalue weighted by atomic mass is 16.5. The van der Waals surface area contributed by atoms with Crippen molar-refractivity contribution in [2.75, 3.05) is 27.2 Å². The second kappa shape index (κ2) is 10.3. The van der Waals surface area contributed by atoms with Crippen molar-refractivity contribution in [1.82, 2.24) is 4.90 Å². The highest BCUT2D eigenvalue weighted by Crippen LogP contribution is 2.40. The molecule has 2 nitrogen and oxygen atoms in total. The summed E-state index contributed by atoms with van der Waals surface area (Å²) in [5, 5.41) is 0. The minimum atomic E-state index is 0.357. The van der Waals surface area contributed by atoms with Crippen LogP contribution in [0.1, 0.15) is 43.2 Å². The van der Waals surface area contributed by atoms with E-state index in [2.05, 4.69) is 98.7 Å².